The van der Waals surface area contributed by atoms with Gasteiger partial charge in [0.25, 0.3) is 5.56 Å². The summed E-state index contributed by atoms with van der Waals surface area (Å²) in [5.74, 6) is -0.307. The highest BCUT2D eigenvalue weighted by Gasteiger charge is 2.14. The van der Waals surface area contributed by atoms with Crippen LogP contribution < -0.4 is 5.56 Å². The van der Waals surface area contributed by atoms with Crippen molar-refractivity contribution in [1.29, 1.82) is 0 Å². The Morgan fingerprint density at radius 3 is 2.81 bits per heavy atom. The maximum absolute atomic E-state index is 13.2. The zero-order valence-electron chi connectivity index (χ0n) is 14.9. The van der Waals surface area contributed by atoms with Gasteiger partial charge in [0, 0.05) is 11.6 Å². The largest absolute Gasteiger partial charge is 0.505 e. The van der Waals surface area contributed by atoms with Crippen LogP contribution in [0.25, 0.3) is 23.5 Å². The second-order valence-electron chi connectivity index (χ2n) is 5.90. The van der Waals surface area contributed by atoms with E-state index in [1.807, 2.05) is 6.92 Å². The van der Waals surface area contributed by atoms with Crippen molar-refractivity contribution in [2.24, 2.45) is 0 Å². The Kier molecular flexibility index (Phi) is 5.03. The van der Waals surface area contributed by atoms with Gasteiger partial charge in [-0.3, -0.25) is 9.36 Å². The molecule has 27 heavy (non-hydrogen) atoms. The molecule has 0 unspecified atom stereocenters. The topological polar surface area (TPSA) is 81.2 Å². The van der Waals surface area contributed by atoms with Gasteiger partial charge in [-0.25, -0.2) is 9.37 Å². The fraction of sp³-hybridized carbons (Fsp3) is 0.150. The lowest BCUT2D eigenvalue weighted by Crippen LogP contribution is -2.27. The van der Waals surface area contributed by atoms with Gasteiger partial charge in [-0.1, -0.05) is 23.9 Å². The van der Waals surface area contributed by atoms with Crippen molar-refractivity contribution < 1.29 is 14.0 Å². The highest BCUT2D eigenvalue weighted by molar-refractivity contribution is 5.61. The lowest BCUT2D eigenvalue weighted by atomic mass is 10.1. The highest BCUT2D eigenvalue weighted by atomic mass is 19.1. The van der Waals surface area contributed by atoms with Crippen molar-refractivity contribution in [2.45, 2.75) is 20.4 Å². The number of hydrogen-bond acceptors (Lipinski definition) is 5. The summed E-state index contributed by atoms with van der Waals surface area (Å²) in [4.78, 5) is 17.2. The van der Waals surface area contributed by atoms with Gasteiger partial charge in [0.15, 0.2) is 17.3 Å². The Morgan fingerprint density at radius 1 is 1.37 bits per heavy atom. The van der Waals surface area contributed by atoms with Gasteiger partial charge in [-0.2, -0.15) is 0 Å². The summed E-state index contributed by atoms with van der Waals surface area (Å²) in [5.41, 5.74) is 1.72. The maximum atomic E-state index is 13.2. The lowest BCUT2D eigenvalue weighted by Gasteiger charge is -2.10. The molecule has 2 heterocycles. The molecule has 3 aromatic rings. The van der Waals surface area contributed by atoms with Crippen molar-refractivity contribution >= 4 is 12.2 Å². The second-order valence-corrected chi connectivity index (χ2v) is 5.90. The molecule has 6 nitrogen and oxygen atoms in total. The third kappa shape index (κ3) is 3.57. The summed E-state index contributed by atoms with van der Waals surface area (Å²) < 4.78 is 19.9. The van der Waals surface area contributed by atoms with E-state index in [9.17, 15) is 14.3 Å². The van der Waals surface area contributed by atoms with E-state index in [1.54, 1.807) is 25.1 Å². The van der Waals surface area contributed by atoms with E-state index in [0.29, 0.717) is 34.1 Å². The van der Waals surface area contributed by atoms with E-state index < -0.39 is 11.6 Å². The molecule has 138 valence electrons. The fourth-order valence-corrected chi connectivity index (χ4v) is 2.71. The number of hydrogen-bond donors (Lipinski definition) is 1. The quantitative estimate of drug-likeness (QED) is 0.742. The van der Waals surface area contributed by atoms with Crippen molar-refractivity contribution in [2.75, 3.05) is 0 Å². The molecule has 7 heteroatoms. The minimum absolute atomic E-state index is 0.158. The van der Waals surface area contributed by atoms with Crippen LogP contribution >= 0.6 is 0 Å². The van der Waals surface area contributed by atoms with Crippen LogP contribution in [0.3, 0.4) is 0 Å². The highest BCUT2D eigenvalue weighted by Crippen LogP contribution is 2.26. The first-order valence-electron chi connectivity index (χ1n) is 8.25. The van der Waals surface area contributed by atoms with Gasteiger partial charge in [0.2, 0.25) is 0 Å². The maximum Gasteiger partial charge on any atom is 0.261 e. The van der Waals surface area contributed by atoms with E-state index in [4.69, 9.17) is 4.52 Å². The minimum atomic E-state index is -0.718. The number of aromatic nitrogens is 3. The Labute approximate surface area is 154 Å². The van der Waals surface area contributed by atoms with Crippen LogP contribution in [-0.4, -0.2) is 19.8 Å². The average Bonchev–Trinajstić information content (AvgIpc) is 3.10. The van der Waals surface area contributed by atoms with Gasteiger partial charge < -0.3 is 9.63 Å². The smallest absolute Gasteiger partial charge is 0.261 e. The van der Waals surface area contributed by atoms with Gasteiger partial charge in [-0.05, 0) is 38.1 Å². The summed E-state index contributed by atoms with van der Waals surface area (Å²) in [6.45, 7) is 7.44. The monoisotopic (exact) mass is 367 g/mol. The number of allylic oxidation sites excluding steroid dienone is 1. The molecule has 2 aromatic heterocycles. The van der Waals surface area contributed by atoms with Crippen molar-refractivity contribution in [3.8, 4) is 17.1 Å². The van der Waals surface area contributed by atoms with E-state index in [0.717, 1.165) is 6.07 Å². The van der Waals surface area contributed by atoms with Crippen LogP contribution in [-0.2, 0) is 6.54 Å². The molecule has 0 spiro atoms. The number of benzene rings is 1. The van der Waals surface area contributed by atoms with Crippen molar-refractivity contribution in [1.82, 2.24) is 14.7 Å². The van der Waals surface area contributed by atoms with E-state index in [1.165, 1.54) is 22.8 Å². The predicted octanol–water partition coefficient (Wildman–Crippen LogP) is 3.78. The predicted molar refractivity (Wildman–Crippen MR) is 101 cm³/mol. The molecule has 0 saturated heterocycles. The number of halogens is 1. The van der Waals surface area contributed by atoms with Crippen molar-refractivity contribution in [3.63, 3.8) is 0 Å². The van der Waals surface area contributed by atoms with Crippen molar-refractivity contribution in [3.05, 3.63) is 75.9 Å². The second kappa shape index (κ2) is 7.41. The number of phenols is 1. The zero-order chi connectivity index (χ0) is 19.6. The summed E-state index contributed by atoms with van der Waals surface area (Å²) in [7, 11) is 0. The molecule has 0 amide bonds. The number of aromatic hydroxyl groups is 1. The van der Waals surface area contributed by atoms with Crippen LogP contribution in [0, 0.1) is 12.7 Å². The summed E-state index contributed by atoms with van der Waals surface area (Å²) in [6.07, 6.45) is 5.04. The molecule has 0 fully saturated rings. The van der Waals surface area contributed by atoms with Crippen LogP contribution in [0.2, 0.25) is 0 Å². The van der Waals surface area contributed by atoms with Crippen LogP contribution in [0.4, 0.5) is 4.39 Å². The molecule has 1 aromatic carbocycles. The molecule has 1 N–H and O–H groups in total. The number of nitrogens with zero attached hydrogens (tertiary/aromatic N) is 3. The summed E-state index contributed by atoms with van der Waals surface area (Å²) in [5, 5.41) is 13.5. The molecule has 0 saturated carbocycles. The molecule has 3 rings (SSSR count). The van der Waals surface area contributed by atoms with Crippen LogP contribution in [0.15, 0.2) is 46.2 Å². The Hall–Kier alpha value is -3.48. The Balaban J connectivity index is 1.97. The zero-order valence-corrected chi connectivity index (χ0v) is 14.9. The third-order valence-corrected chi connectivity index (χ3v) is 4.06. The van der Waals surface area contributed by atoms with Crippen LogP contribution in [0.5, 0.6) is 5.75 Å². The normalized spacial score (nSPS) is 11.2. The molecular formula is C20H18FN3O3. The third-order valence-electron chi connectivity index (χ3n) is 4.06. The van der Waals surface area contributed by atoms with Gasteiger partial charge in [0.1, 0.15) is 11.5 Å². The average molecular weight is 367 g/mol. The standard InChI is InChI=1S/C20H18FN3O3/c1-4-6-17-15(5-2)20(26)24(12(3)22-17)11-14-10-19(27-23-14)13-7-8-16(21)18(25)9-13/h4-10,25H,2,11H2,1,3H3/b6-4-. The molecule has 0 atom stereocenters. The first kappa shape index (κ1) is 18.3. The first-order valence-corrected chi connectivity index (χ1v) is 8.25. The molecular weight excluding hydrogens is 349 g/mol. The fourth-order valence-electron chi connectivity index (χ4n) is 2.71. The van der Waals surface area contributed by atoms with Gasteiger partial charge in [-0.15, -0.1) is 0 Å². The summed E-state index contributed by atoms with van der Waals surface area (Å²) in [6, 6.07) is 5.49. The molecule has 0 aliphatic heterocycles. The molecule has 0 aliphatic rings. The number of aryl methyl sites for hydroxylation is 1. The van der Waals surface area contributed by atoms with Crippen LogP contribution in [0.1, 0.15) is 29.7 Å². The van der Waals surface area contributed by atoms with Gasteiger partial charge in [0.05, 0.1) is 17.8 Å². The Bertz CT molecular complexity index is 1100. The SMILES string of the molecule is C=Cc1c(/C=C\C)nc(C)n(Cc2cc(-c3ccc(F)c(O)c3)on2)c1=O. The number of phenolic OH excluding ortho intramolecular Hbond substituents is 1. The number of rotatable bonds is 5. The van der Waals surface area contributed by atoms with E-state index in [-0.39, 0.29) is 12.1 Å². The summed E-state index contributed by atoms with van der Waals surface area (Å²) >= 11 is 0. The van der Waals surface area contributed by atoms with E-state index in [2.05, 4.69) is 16.7 Å². The molecule has 0 radical (unpaired) electrons. The van der Waals surface area contributed by atoms with E-state index >= 15 is 0 Å². The first-order chi connectivity index (χ1) is 12.9. The Morgan fingerprint density at radius 2 is 2.15 bits per heavy atom. The lowest BCUT2D eigenvalue weighted by molar-refractivity contribution is 0.417. The minimum Gasteiger partial charge on any atom is -0.505 e. The van der Waals surface area contributed by atoms with Gasteiger partial charge >= 0.3 is 0 Å². The molecule has 0 aliphatic carbocycles. The molecule has 0 bridgehead atoms.